The Bertz CT molecular complexity index is 966. The lowest BCUT2D eigenvalue weighted by Crippen LogP contribution is -2.31. The molecule has 1 saturated heterocycles. The van der Waals surface area contributed by atoms with Crippen molar-refractivity contribution in [2.75, 3.05) is 24.3 Å². The van der Waals surface area contributed by atoms with E-state index in [0.29, 0.717) is 29.4 Å². The van der Waals surface area contributed by atoms with Crippen LogP contribution in [0, 0.1) is 0 Å². The molecule has 1 aliphatic carbocycles. The van der Waals surface area contributed by atoms with Crippen molar-refractivity contribution in [1.29, 1.82) is 0 Å². The van der Waals surface area contributed by atoms with Crippen LogP contribution in [0.25, 0.3) is 11.2 Å². The average molecular weight is 452 g/mol. The van der Waals surface area contributed by atoms with Crippen LogP contribution in [0.2, 0.25) is 0 Å². The molecule has 0 amide bonds. The maximum absolute atomic E-state index is 12.1. The summed E-state index contributed by atoms with van der Waals surface area (Å²) in [6.45, 7) is 3.67. The van der Waals surface area contributed by atoms with E-state index >= 15 is 0 Å². The highest BCUT2D eigenvalue weighted by molar-refractivity contribution is 7.36. The number of nitrogens with zero attached hydrogens (tertiary/aromatic N) is 4. The van der Waals surface area contributed by atoms with Gasteiger partial charge in [0.25, 0.3) is 0 Å². The summed E-state index contributed by atoms with van der Waals surface area (Å²) in [5.74, 6) is 0.338. The molecule has 168 valence electrons. The lowest BCUT2D eigenvalue weighted by molar-refractivity contribution is -0.144. The van der Waals surface area contributed by atoms with Crippen LogP contribution in [0.1, 0.15) is 45.8 Å². The number of ether oxygens (including phenoxy) is 2. The molecule has 12 nitrogen and oxygen atoms in total. The van der Waals surface area contributed by atoms with E-state index in [0.717, 1.165) is 19.3 Å². The first-order valence-electron chi connectivity index (χ1n) is 10.4. The Labute approximate surface area is 180 Å². The third kappa shape index (κ3) is 5.27. The second-order valence-electron chi connectivity index (χ2n) is 7.62. The molecule has 0 radical (unpaired) electrons. The topological polar surface area (TPSA) is 156 Å². The number of carbonyl (C=O) groups is 1. The summed E-state index contributed by atoms with van der Waals surface area (Å²) >= 11 is 0. The van der Waals surface area contributed by atoms with Crippen molar-refractivity contribution in [2.24, 2.45) is 0 Å². The van der Waals surface area contributed by atoms with Gasteiger partial charge in [-0.1, -0.05) is 5.09 Å². The van der Waals surface area contributed by atoms with Crippen LogP contribution >= 0.6 is 8.18 Å². The second-order valence-corrected chi connectivity index (χ2v) is 8.65. The number of aromatic nitrogens is 4. The molecule has 4 rings (SSSR count). The lowest BCUT2D eigenvalue weighted by atomic mass is 10.2. The second kappa shape index (κ2) is 9.39. The highest BCUT2D eigenvalue weighted by Crippen LogP contribution is 2.34. The van der Waals surface area contributed by atoms with Crippen LogP contribution in [-0.2, 0) is 23.4 Å². The fourth-order valence-corrected chi connectivity index (χ4v) is 4.14. The molecular formula is C18H27N7O5P+. The SMILES string of the molecule is CCOC(=O)[C@H](C)N[P+](=O)OC[C@@H]1CC[C@H](n2cnc3c(NC4CC4)nc(N)nc32)O1. The number of nitrogens with one attached hydrogen (secondary N) is 2. The first kappa shape index (κ1) is 21.8. The van der Waals surface area contributed by atoms with E-state index < -0.39 is 20.2 Å². The van der Waals surface area contributed by atoms with Crippen molar-refractivity contribution in [3.63, 3.8) is 0 Å². The Balaban J connectivity index is 1.34. The number of anilines is 2. The standard InChI is InChI=1S/C18H27N7O5P/c1-3-28-17(26)10(2)24-31(27)29-8-12-6-7-13(30-12)25-9-20-14-15(21-11-4-5-11)22-18(19)23-16(14)25/h9-13H,3-8H2,1-2H3,(H,24,27)(H3,19,21,22,23)/q+1/t10-,12-,13+/m0/s1. The minimum Gasteiger partial charge on any atom is -0.465 e. The van der Waals surface area contributed by atoms with E-state index in [2.05, 4.69) is 25.4 Å². The Kier molecular flexibility index (Phi) is 6.61. The molecule has 1 saturated carbocycles. The van der Waals surface area contributed by atoms with Crippen molar-refractivity contribution in [1.82, 2.24) is 24.6 Å². The number of rotatable bonds is 10. The minimum atomic E-state index is -2.22. The summed E-state index contributed by atoms with van der Waals surface area (Å²) < 4.78 is 30.2. The third-order valence-corrected chi connectivity index (χ3v) is 6.05. The van der Waals surface area contributed by atoms with Crippen LogP contribution in [0.4, 0.5) is 11.8 Å². The number of fused-ring (bicyclic) bond motifs is 1. The summed E-state index contributed by atoms with van der Waals surface area (Å²) in [6.07, 6.45) is 4.79. The highest BCUT2D eigenvalue weighted by atomic mass is 31.1. The van der Waals surface area contributed by atoms with Gasteiger partial charge in [0.2, 0.25) is 5.95 Å². The average Bonchev–Trinajstić information content (AvgIpc) is 3.24. The summed E-state index contributed by atoms with van der Waals surface area (Å²) in [4.78, 5) is 24.7. The van der Waals surface area contributed by atoms with Crippen LogP contribution in [0.15, 0.2) is 6.33 Å². The number of nitrogens with two attached hydrogens (primary N) is 1. The number of hydrogen-bond acceptors (Lipinski definition) is 10. The van der Waals surface area contributed by atoms with Gasteiger partial charge in [0.1, 0.15) is 18.9 Å². The van der Waals surface area contributed by atoms with E-state index in [4.69, 9.17) is 19.7 Å². The van der Waals surface area contributed by atoms with Crippen molar-refractivity contribution >= 4 is 37.1 Å². The highest BCUT2D eigenvalue weighted by Gasteiger charge is 2.33. The van der Waals surface area contributed by atoms with E-state index in [1.807, 2.05) is 4.57 Å². The molecule has 4 atom stereocenters. The molecule has 2 aromatic heterocycles. The normalized spacial score (nSPS) is 22.5. The van der Waals surface area contributed by atoms with Gasteiger partial charge in [-0.2, -0.15) is 9.97 Å². The van der Waals surface area contributed by atoms with Crippen molar-refractivity contribution < 1.29 is 23.4 Å². The van der Waals surface area contributed by atoms with Crippen LogP contribution in [0.5, 0.6) is 0 Å². The van der Waals surface area contributed by atoms with Gasteiger partial charge in [-0.05, 0) is 44.1 Å². The molecule has 2 aromatic rings. The molecule has 0 aromatic carbocycles. The molecule has 0 spiro atoms. The molecule has 3 heterocycles. The van der Waals surface area contributed by atoms with Gasteiger partial charge in [-0.25, -0.2) is 4.98 Å². The molecule has 0 bridgehead atoms. The molecular weight excluding hydrogens is 425 g/mol. The van der Waals surface area contributed by atoms with Gasteiger partial charge in [-0.3, -0.25) is 9.36 Å². The summed E-state index contributed by atoms with van der Waals surface area (Å²) in [5.41, 5.74) is 7.17. The van der Waals surface area contributed by atoms with Crippen LogP contribution in [-0.4, -0.2) is 56.9 Å². The summed E-state index contributed by atoms with van der Waals surface area (Å²) in [5, 5.41) is 5.92. The van der Waals surface area contributed by atoms with Crippen LogP contribution < -0.4 is 16.1 Å². The van der Waals surface area contributed by atoms with E-state index in [1.54, 1.807) is 20.2 Å². The number of hydrogen-bond donors (Lipinski definition) is 3. The molecule has 2 fully saturated rings. The molecule has 2 aliphatic rings. The maximum atomic E-state index is 12.1. The zero-order valence-electron chi connectivity index (χ0n) is 17.5. The molecule has 31 heavy (non-hydrogen) atoms. The predicted octanol–water partition coefficient (Wildman–Crippen LogP) is 1.88. The predicted molar refractivity (Wildman–Crippen MR) is 112 cm³/mol. The molecule has 13 heteroatoms. The van der Waals surface area contributed by atoms with Gasteiger partial charge < -0.3 is 20.5 Å². The van der Waals surface area contributed by atoms with Gasteiger partial charge in [-0.15, -0.1) is 4.52 Å². The zero-order chi connectivity index (χ0) is 22.0. The first-order valence-corrected chi connectivity index (χ1v) is 11.6. The van der Waals surface area contributed by atoms with Gasteiger partial charge in [0, 0.05) is 6.04 Å². The fourth-order valence-electron chi connectivity index (χ4n) is 3.35. The fraction of sp³-hybridized carbons (Fsp3) is 0.667. The molecule has 1 unspecified atom stereocenters. The van der Waals surface area contributed by atoms with Gasteiger partial charge >= 0.3 is 14.1 Å². The molecule has 1 aliphatic heterocycles. The molecule has 4 N–H and O–H groups in total. The number of carbonyl (C=O) groups excluding carboxylic acids is 1. The van der Waals surface area contributed by atoms with Gasteiger partial charge in [0.05, 0.1) is 19.0 Å². The summed E-state index contributed by atoms with van der Waals surface area (Å²) in [6, 6.07) is -0.309. The maximum Gasteiger partial charge on any atom is 0.613 e. The zero-order valence-corrected chi connectivity index (χ0v) is 18.4. The largest absolute Gasteiger partial charge is 0.613 e. The van der Waals surface area contributed by atoms with Crippen molar-refractivity contribution in [3.05, 3.63) is 6.33 Å². The monoisotopic (exact) mass is 452 g/mol. The quantitative estimate of drug-likeness (QED) is 0.357. The van der Waals surface area contributed by atoms with Crippen molar-refractivity contribution in [2.45, 2.75) is 63.9 Å². The number of esters is 1. The Morgan fingerprint density at radius 1 is 1.39 bits per heavy atom. The van der Waals surface area contributed by atoms with E-state index in [1.165, 1.54) is 0 Å². The number of imidazole rings is 1. The van der Waals surface area contributed by atoms with E-state index in [9.17, 15) is 9.36 Å². The minimum absolute atomic E-state index is 0.131. The van der Waals surface area contributed by atoms with Crippen molar-refractivity contribution in [3.8, 4) is 0 Å². The Hall–Kier alpha value is -2.40. The summed E-state index contributed by atoms with van der Waals surface area (Å²) in [7, 11) is -2.22. The third-order valence-electron chi connectivity index (χ3n) is 5.07. The lowest BCUT2D eigenvalue weighted by Gasteiger charge is -2.14. The van der Waals surface area contributed by atoms with Gasteiger partial charge in [0.15, 0.2) is 17.0 Å². The number of nitrogen functional groups attached to an aromatic ring is 1. The Morgan fingerprint density at radius 2 is 2.19 bits per heavy atom. The Morgan fingerprint density at radius 3 is 2.94 bits per heavy atom. The smallest absolute Gasteiger partial charge is 0.465 e. The van der Waals surface area contributed by atoms with E-state index in [-0.39, 0.29) is 31.5 Å². The first-order chi connectivity index (χ1) is 14.9. The van der Waals surface area contributed by atoms with Crippen LogP contribution in [0.3, 0.4) is 0 Å².